The van der Waals surface area contributed by atoms with Crippen LogP contribution in [0.1, 0.15) is 22.2 Å². The molecule has 1 amide bonds. The number of nitrogens with zero attached hydrogens (tertiary/aromatic N) is 4. The molecule has 0 saturated carbocycles. The van der Waals surface area contributed by atoms with E-state index in [2.05, 4.69) is 14.9 Å². The Labute approximate surface area is 172 Å². The second-order valence-electron chi connectivity index (χ2n) is 7.02. The summed E-state index contributed by atoms with van der Waals surface area (Å²) in [7, 11) is 0. The van der Waals surface area contributed by atoms with Gasteiger partial charge in [-0.25, -0.2) is 14.4 Å². The van der Waals surface area contributed by atoms with E-state index in [-0.39, 0.29) is 23.6 Å². The number of anilines is 1. The fourth-order valence-electron chi connectivity index (χ4n) is 3.37. The molecular formula is C21H21FN4O2S. The maximum atomic E-state index is 14.0. The van der Waals surface area contributed by atoms with Gasteiger partial charge in [-0.05, 0) is 43.0 Å². The van der Waals surface area contributed by atoms with Crippen molar-refractivity contribution in [2.75, 3.05) is 24.5 Å². The van der Waals surface area contributed by atoms with E-state index in [9.17, 15) is 9.18 Å². The van der Waals surface area contributed by atoms with Crippen molar-refractivity contribution in [1.82, 2.24) is 14.9 Å². The number of ether oxygens (including phenoxy) is 1. The van der Waals surface area contributed by atoms with E-state index in [4.69, 9.17) is 4.74 Å². The molecule has 0 bridgehead atoms. The molecule has 4 rings (SSSR count). The minimum atomic E-state index is -0.440. The molecule has 1 saturated heterocycles. The van der Waals surface area contributed by atoms with E-state index in [1.807, 2.05) is 36.3 Å². The monoisotopic (exact) mass is 412 g/mol. The van der Waals surface area contributed by atoms with Gasteiger partial charge in [-0.15, -0.1) is 11.3 Å². The maximum Gasteiger partial charge on any atom is 0.264 e. The summed E-state index contributed by atoms with van der Waals surface area (Å²) < 4.78 is 19.6. The predicted molar refractivity (Wildman–Crippen MR) is 110 cm³/mol. The van der Waals surface area contributed by atoms with Crippen LogP contribution in [0.5, 0.6) is 11.6 Å². The van der Waals surface area contributed by atoms with E-state index in [1.165, 1.54) is 23.7 Å². The minimum absolute atomic E-state index is 0.0342. The molecule has 150 valence electrons. The van der Waals surface area contributed by atoms with Gasteiger partial charge in [0.25, 0.3) is 5.91 Å². The van der Waals surface area contributed by atoms with Crippen molar-refractivity contribution in [2.45, 2.75) is 19.9 Å². The number of hydrogen-bond acceptors (Lipinski definition) is 6. The molecule has 29 heavy (non-hydrogen) atoms. The summed E-state index contributed by atoms with van der Waals surface area (Å²) in [6.45, 7) is 5.79. The summed E-state index contributed by atoms with van der Waals surface area (Å²) in [4.78, 5) is 25.8. The van der Waals surface area contributed by atoms with Crippen molar-refractivity contribution in [3.05, 3.63) is 64.4 Å². The first kappa shape index (κ1) is 19.3. The summed E-state index contributed by atoms with van der Waals surface area (Å²) in [6, 6.07) is 10.2. The second kappa shape index (κ2) is 8.16. The number of benzene rings is 1. The summed E-state index contributed by atoms with van der Waals surface area (Å²) in [6.07, 6.45) is 1.41. The van der Waals surface area contributed by atoms with Gasteiger partial charge in [0.05, 0.1) is 4.88 Å². The number of carbonyl (C=O) groups excluding carboxylic acids is 1. The number of piperazine rings is 1. The van der Waals surface area contributed by atoms with Gasteiger partial charge in [0, 0.05) is 31.7 Å². The molecule has 1 atom stereocenters. The fraction of sp³-hybridized carbons (Fsp3) is 0.286. The van der Waals surface area contributed by atoms with Crippen LogP contribution in [-0.2, 0) is 0 Å². The molecule has 1 aliphatic heterocycles. The van der Waals surface area contributed by atoms with Crippen LogP contribution in [-0.4, -0.2) is 46.5 Å². The number of thiophene rings is 1. The third-order valence-corrected chi connectivity index (χ3v) is 5.73. The van der Waals surface area contributed by atoms with Crippen LogP contribution in [0.4, 0.5) is 10.2 Å². The quantitative estimate of drug-likeness (QED) is 0.645. The fourth-order valence-corrected chi connectivity index (χ4v) is 4.05. The van der Waals surface area contributed by atoms with Crippen molar-refractivity contribution in [3.8, 4) is 11.6 Å². The second-order valence-corrected chi connectivity index (χ2v) is 7.97. The zero-order chi connectivity index (χ0) is 20.4. The maximum absolute atomic E-state index is 14.0. The van der Waals surface area contributed by atoms with Crippen molar-refractivity contribution >= 4 is 23.1 Å². The topological polar surface area (TPSA) is 58.6 Å². The molecular weight excluding hydrogens is 391 g/mol. The number of amides is 1. The third kappa shape index (κ3) is 4.22. The van der Waals surface area contributed by atoms with Crippen molar-refractivity contribution in [1.29, 1.82) is 0 Å². The van der Waals surface area contributed by atoms with Crippen LogP contribution in [0.3, 0.4) is 0 Å². The Morgan fingerprint density at radius 2 is 2.10 bits per heavy atom. The van der Waals surface area contributed by atoms with Gasteiger partial charge < -0.3 is 14.5 Å². The van der Waals surface area contributed by atoms with Gasteiger partial charge in [0.15, 0.2) is 11.6 Å². The highest BCUT2D eigenvalue weighted by atomic mass is 32.1. The third-order valence-electron chi connectivity index (χ3n) is 4.87. The van der Waals surface area contributed by atoms with Crippen LogP contribution in [0.25, 0.3) is 0 Å². The van der Waals surface area contributed by atoms with E-state index in [0.29, 0.717) is 25.5 Å². The molecule has 1 aliphatic rings. The number of carbonyl (C=O) groups is 1. The zero-order valence-corrected chi connectivity index (χ0v) is 17.0. The standard InChI is InChI=1S/C21H21FN4O2S/c1-14-5-6-16(22)17(10-14)28-20-11-19(23-13-24-20)25-7-8-26(15(2)12-25)21(27)18-4-3-9-29-18/h3-6,9-11,13,15H,7-8,12H2,1-2H3. The minimum Gasteiger partial charge on any atom is -0.436 e. The van der Waals surface area contributed by atoms with E-state index < -0.39 is 5.82 Å². The van der Waals surface area contributed by atoms with Crippen LogP contribution < -0.4 is 9.64 Å². The normalized spacial score (nSPS) is 16.7. The predicted octanol–water partition coefficient (Wildman–Crippen LogP) is 4.13. The van der Waals surface area contributed by atoms with Gasteiger partial charge in [0.2, 0.25) is 5.88 Å². The van der Waals surface area contributed by atoms with Crippen LogP contribution >= 0.6 is 11.3 Å². The molecule has 6 nitrogen and oxygen atoms in total. The Balaban J connectivity index is 1.46. The first-order chi connectivity index (χ1) is 14.0. The molecule has 1 unspecified atom stereocenters. The zero-order valence-electron chi connectivity index (χ0n) is 16.2. The molecule has 8 heteroatoms. The van der Waals surface area contributed by atoms with Crippen molar-refractivity contribution < 1.29 is 13.9 Å². The Morgan fingerprint density at radius 3 is 2.86 bits per heavy atom. The highest BCUT2D eigenvalue weighted by Gasteiger charge is 2.29. The molecule has 0 aliphatic carbocycles. The smallest absolute Gasteiger partial charge is 0.264 e. The average molecular weight is 412 g/mol. The lowest BCUT2D eigenvalue weighted by Crippen LogP contribution is -2.54. The first-order valence-electron chi connectivity index (χ1n) is 9.37. The summed E-state index contributed by atoms with van der Waals surface area (Å²) in [5.41, 5.74) is 0.899. The lowest BCUT2D eigenvalue weighted by molar-refractivity contribution is 0.0678. The Morgan fingerprint density at radius 1 is 1.24 bits per heavy atom. The van der Waals surface area contributed by atoms with Gasteiger partial charge in [-0.2, -0.15) is 0 Å². The number of rotatable bonds is 4. The molecule has 1 fully saturated rings. The van der Waals surface area contributed by atoms with Crippen molar-refractivity contribution in [2.24, 2.45) is 0 Å². The van der Waals surface area contributed by atoms with Crippen LogP contribution in [0.2, 0.25) is 0 Å². The molecule has 0 spiro atoms. The molecule has 0 radical (unpaired) electrons. The lowest BCUT2D eigenvalue weighted by Gasteiger charge is -2.40. The van der Waals surface area contributed by atoms with E-state index in [1.54, 1.807) is 18.2 Å². The number of aryl methyl sites for hydroxylation is 1. The van der Waals surface area contributed by atoms with Crippen molar-refractivity contribution in [3.63, 3.8) is 0 Å². The summed E-state index contributed by atoms with van der Waals surface area (Å²) >= 11 is 1.46. The highest BCUT2D eigenvalue weighted by Crippen LogP contribution is 2.27. The van der Waals surface area contributed by atoms with Crippen LogP contribution in [0, 0.1) is 12.7 Å². The van der Waals surface area contributed by atoms with Gasteiger partial charge in [-0.3, -0.25) is 4.79 Å². The molecule has 3 aromatic rings. The van der Waals surface area contributed by atoms with Crippen LogP contribution in [0.15, 0.2) is 48.1 Å². The average Bonchev–Trinajstić information content (AvgIpc) is 3.25. The van der Waals surface area contributed by atoms with Gasteiger partial charge in [-0.1, -0.05) is 12.1 Å². The summed E-state index contributed by atoms with van der Waals surface area (Å²) in [5, 5.41) is 1.91. The SMILES string of the molecule is Cc1ccc(F)c(Oc2cc(N3CCN(C(=O)c4cccs4)C(C)C3)ncn2)c1. The summed E-state index contributed by atoms with van der Waals surface area (Å²) in [5.74, 6) is 0.732. The Kier molecular flexibility index (Phi) is 5.44. The largest absolute Gasteiger partial charge is 0.436 e. The van der Waals surface area contributed by atoms with Gasteiger partial charge in [0.1, 0.15) is 12.1 Å². The molecule has 1 aromatic carbocycles. The molecule has 3 heterocycles. The lowest BCUT2D eigenvalue weighted by atomic mass is 10.2. The highest BCUT2D eigenvalue weighted by molar-refractivity contribution is 7.12. The Bertz CT molecular complexity index is 1010. The molecule has 0 N–H and O–H groups in total. The van der Waals surface area contributed by atoms with E-state index in [0.717, 1.165) is 10.4 Å². The Hall–Kier alpha value is -3.00. The first-order valence-corrected chi connectivity index (χ1v) is 10.2. The molecule has 2 aromatic heterocycles. The number of halogens is 1. The number of aromatic nitrogens is 2. The number of hydrogen-bond donors (Lipinski definition) is 0. The van der Waals surface area contributed by atoms with E-state index >= 15 is 0 Å². The van der Waals surface area contributed by atoms with Gasteiger partial charge >= 0.3 is 0 Å².